The van der Waals surface area contributed by atoms with E-state index < -0.39 is 47.5 Å². The van der Waals surface area contributed by atoms with E-state index in [9.17, 15) is 14.4 Å². The number of fused-ring (bicyclic) bond motifs is 1. The summed E-state index contributed by atoms with van der Waals surface area (Å²) in [5, 5.41) is 2.94. The van der Waals surface area contributed by atoms with E-state index in [1.54, 1.807) is 25.3 Å². The van der Waals surface area contributed by atoms with Crippen LogP contribution in [0.4, 0.5) is 4.79 Å². The molecule has 1 saturated heterocycles. The highest BCUT2D eigenvalue weighted by Crippen LogP contribution is 2.37. The molecule has 1 aliphatic heterocycles. The average molecular weight is 701 g/mol. The van der Waals surface area contributed by atoms with Crippen LogP contribution in [0.2, 0.25) is 5.15 Å². The van der Waals surface area contributed by atoms with E-state index >= 15 is 0 Å². The molecule has 0 spiro atoms. The summed E-state index contributed by atoms with van der Waals surface area (Å²) in [7, 11) is 1.56. The quantitative estimate of drug-likeness (QED) is 0.124. The van der Waals surface area contributed by atoms with Crippen LogP contribution in [0.1, 0.15) is 86.5 Å². The van der Waals surface area contributed by atoms with Gasteiger partial charge in [0.05, 0.1) is 31.3 Å². The van der Waals surface area contributed by atoms with Crippen LogP contribution in [0.5, 0.6) is 11.6 Å². The second-order valence-electron chi connectivity index (χ2n) is 14.7. The number of carbonyl (C=O) groups is 3. The second-order valence-corrected chi connectivity index (χ2v) is 15.0. The maximum atomic E-state index is 14.5. The van der Waals surface area contributed by atoms with Gasteiger partial charge in [-0.1, -0.05) is 59.2 Å². The summed E-state index contributed by atoms with van der Waals surface area (Å²) in [5.74, 6) is -0.336. The fourth-order valence-electron chi connectivity index (χ4n) is 6.81. The molecular weight excluding hydrogens is 648 g/mol. The van der Waals surface area contributed by atoms with Gasteiger partial charge < -0.3 is 29.2 Å². The van der Waals surface area contributed by atoms with Gasteiger partial charge in [-0.25, -0.2) is 19.6 Å². The van der Waals surface area contributed by atoms with E-state index in [1.165, 1.54) is 4.90 Å². The van der Waals surface area contributed by atoms with Crippen molar-refractivity contribution in [1.29, 1.82) is 0 Å². The number of nitrogens with zero attached hydrogens (tertiary/aromatic N) is 3. The first kappa shape index (κ1) is 38.2. The van der Waals surface area contributed by atoms with Crippen LogP contribution in [-0.2, 0) is 19.1 Å². The van der Waals surface area contributed by atoms with Gasteiger partial charge in [-0.15, -0.1) is 6.58 Å². The molecule has 0 unspecified atom stereocenters. The Labute approximate surface area is 295 Å². The number of esters is 1. The summed E-state index contributed by atoms with van der Waals surface area (Å²) in [6.45, 7) is 15.5. The molecule has 0 radical (unpaired) electrons. The topological polar surface area (TPSA) is 129 Å². The van der Waals surface area contributed by atoms with E-state index in [-0.39, 0.29) is 42.1 Å². The number of benzene rings is 1. The predicted molar refractivity (Wildman–Crippen MR) is 189 cm³/mol. The first-order valence-corrected chi connectivity index (χ1v) is 17.9. The maximum absolute atomic E-state index is 14.5. The summed E-state index contributed by atoms with van der Waals surface area (Å²) in [4.78, 5) is 52.2. The van der Waals surface area contributed by atoms with Gasteiger partial charge in [0.15, 0.2) is 5.15 Å². The molecule has 1 aromatic carbocycles. The monoisotopic (exact) mass is 700 g/mol. The molecular formula is C37H53ClN4O7. The fraction of sp³-hybridized carbons (Fsp3) is 0.649. The highest BCUT2D eigenvalue weighted by atomic mass is 35.5. The number of alkyl carbamates (subject to hydrolysis) is 1. The molecule has 1 aromatic heterocycles. The second kappa shape index (κ2) is 16.9. The third-order valence-electron chi connectivity index (χ3n) is 9.42. The Kier molecular flexibility index (Phi) is 13.2. The highest BCUT2D eigenvalue weighted by molar-refractivity contribution is 6.31. The van der Waals surface area contributed by atoms with Gasteiger partial charge in [0.2, 0.25) is 5.91 Å². The van der Waals surface area contributed by atoms with E-state index in [0.717, 1.165) is 38.5 Å². The smallest absolute Gasteiger partial charge is 0.408 e. The molecule has 1 saturated carbocycles. The molecule has 11 nitrogen and oxygen atoms in total. The number of amides is 2. The Morgan fingerprint density at radius 2 is 1.90 bits per heavy atom. The van der Waals surface area contributed by atoms with Crippen molar-refractivity contribution in [2.24, 2.45) is 23.2 Å². The van der Waals surface area contributed by atoms with Gasteiger partial charge in [-0.05, 0) is 74.3 Å². The van der Waals surface area contributed by atoms with Gasteiger partial charge >= 0.3 is 12.1 Å². The lowest BCUT2D eigenvalue weighted by atomic mass is 9.85. The van der Waals surface area contributed by atoms with Crippen molar-refractivity contribution in [3.05, 3.63) is 36.0 Å². The lowest BCUT2D eigenvalue weighted by Gasteiger charge is -2.35. The number of carbonyl (C=O) groups excluding carboxylic acids is 3. The van der Waals surface area contributed by atoms with Gasteiger partial charge in [-0.3, -0.25) is 4.79 Å². The Morgan fingerprint density at radius 3 is 2.55 bits per heavy atom. The average Bonchev–Trinajstić information content (AvgIpc) is 3.65. The van der Waals surface area contributed by atoms with Gasteiger partial charge in [0, 0.05) is 12.0 Å². The number of hydrogen-bond donors (Lipinski definition) is 1. The van der Waals surface area contributed by atoms with Crippen molar-refractivity contribution in [2.75, 3.05) is 20.3 Å². The Hall–Kier alpha value is -3.60. The first-order valence-electron chi connectivity index (χ1n) is 17.5. The lowest BCUT2D eigenvalue weighted by molar-refractivity contribution is -0.157. The Morgan fingerprint density at radius 1 is 1.14 bits per heavy atom. The molecule has 2 fully saturated rings. The van der Waals surface area contributed by atoms with Gasteiger partial charge in [-0.2, -0.15) is 0 Å². The summed E-state index contributed by atoms with van der Waals surface area (Å²) in [6.07, 6.45) is 6.55. The molecule has 0 bridgehead atoms. The number of unbranched alkanes of at least 4 members (excludes halogenated alkanes) is 1. The number of hydrogen-bond acceptors (Lipinski definition) is 9. The molecule has 6 atom stereocenters. The van der Waals surface area contributed by atoms with Crippen molar-refractivity contribution >= 4 is 40.6 Å². The zero-order valence-corrected chi connectivity index (χ0v) is 30.8. The van der Waals surface area contributed by atoms with E-state index in [0.29, 0.717) is 23.2 Å². The summed E-state index contributed by atoms with van der Waals surface area (Å²) in [6, 6.07) is 3.30. The molecule has 4 rings (SSSR count). The number of likely N-dealkylation sites (tertiary alicyclic amines) is 1. The van der Waals surface area contributed by atoms with Crippen LogP contribution < -0.4 is 14.8 Å². The molecule has 1 N–H and O–H groups in total. The van der Waals surface area contributed by atoms with Crippen molar-refractivity contribution in [3.8, 4) is 11.6 Å². The Balaban J connectivity index is 1.60. The third kappa shape index (κ3) is 9.55. The zero-order valence-electron chi connectivity index (χ0n) is 30.0. The summed E-state index contributed by atoms with van der Waals surface area (Å²) in [5.41, 5.74) is 0.371. The SMILES string of the molecule is C=CCCC[C@@H]1CCC[C@H]1OC(=O)N[C@H](C(=O)N1C[C@H](Oc2nc3cc(OC)ccc3nc2Cl)[C@@H](CC)[C@H]1C(=O)OCC(C)C)C(C)(C)C. The van der Waals surface area contributed by atoms with E-state index in [2.05, 4.69) is 21.9 Å². The fourth-order valence-corrected chi connectivity index (χ4v) is 6.99. The van der Waals surface area contributed by atoms with Crippen LogP contribution in [-0.4, -0.2) is 77.4 Å². The number of rotatable bonds is 14. The number of ether oxygens (including phenoxy) is 4. The molecule has 2 amide bonds. The number of nitrogens with one attached hydrogen (secondary N) is 1. The van der Waals surface area contributed by atoms with Crippen molar-refractivity contribution in [1.82, 2.24) is 20.2 Å². The number of allylic oxidation sites excluding steroid dienone is 1. The number of methoxy groups -OCH3 is 1. The molecule has 12 heteroatoms. The molecule has 1 aliphatic carbocycles. The van der Waals surface area contributed by atoms with E-state index in [4.69, 9.17) is 30.5 Å². The molecule has 2 heterocycles. The zero-order chi connectivity index (χ0) is 35.9. The first-order chi connectivity index (χ1) is 23.3. The number of aromatic nitrogens is 2. The van der Waals surface area contributed by atoms with Crippen LogP contribution in [0.3, 0.4) is 0 Å². The van der Waals surface area contributed by atoms with Gasteiger partial charge in [0.1, 0.15) is 30.0 Å². The van der Waals surface area contributed by atoms with Gasteiger partial charge in [0.25, 0.3) is 5.88 Å². The molecule has 270 valence electrons. The maximum Gasteiger partial charge on any atom is 0.408 e. The molecule has 49 heavy (non-hydrogen) atoms. The van der Waals surface area contributed by atoms with Crippen LogP contribution in [0, 0.1) is 23.2 Å². The summed E-state index contributed by atoms with van der Waals surface area (Å²) < 4.78 is 23.4. The largest absolute Gasteiger partial charge is 0.497 e. The number of halogens is 1. The van der Waals surface area contributed by atoms with Crippen molar-refractivity contribution < 1.29 is 33.3 Å². The minimum Gasteiger partial charge on any atom is -0.497 e. The van der Waals surface area contributed by atoms with Crippen LogP contribution in [0.25, 0.3) is 11.0 Å². The minimum atomic E-state index is -0.992. The van der Waals surface area contributed by atoms with Crippen LogP contribution in [0.15, 0.2) is 30.9 Å². The Bertz CT molecular complexity index is 1480. The van der Waals surface area contributed by atoms with Crippen molar-refractivity contribution in [2.45, 2.75) is 111 Å². The summed E-state index contributed by atoms with van der Waals surface area (Å²) >= 11 is 6.54. The van der Waals surface area contributed by atoms with Crippen molar-refractivity contribution in [3.63, 3.8) is 0 Å². The predicted octanol–water partition coefficient (Wildman–Crippen LogP) is 7.14. The normalized spacial score (nSPS) is 23.0. The van der Waals surface area contributed by atoms with E-state index in [1.807, 2.05) is 47.6 Å². The standard InChI is InChI=1S/C37H53ClN4O7/c1-9-11-12-14-23-15-13-16-28(23)49-36(45)41-31(37(5,6)7)34(43)42-20-29(25(10-2)30(42)35(44)47-21-22(3)4)48-33-32(38)39-26-18-17-24(46-8)19-27(26)40-33/h9,17-19,22-23,25,28-31H,1,10-16,20-21H2,2-8H3,(H,41,45)/t23-,25-,28-,29+,30+,31-/m1/s1. The molecule has 2 aliphatic rings. The lowest BCUT2D eigenvalue weighted by Crippen LogP contribution is -2.57. The minimum absolute atomic E-state index is 0.0459. The van der Waals surface area contributed by atoms with Crippen LogP contribution >= 0.6 is 11.6 Å². The molecule has 2 aromatic rings. The highest BCUT2D eigenvalue weighted by Gasteiger charge is 2.52. The third-order valence-corrected chi connectivity index (χ3v) is 9.67.